The van der Waals surface area contributed by atoms with Crippen LogP contribution in [0.15, 0.2) is 12.1 Å². The number of hydrogen-bond acceptors (Lipinski definition) is 0. The Morgan fingerprint density at radius 1 is 1.08 bits per heavy atom. The van der Waals surface area contributed by atoms with E-state index in [1.54, 1.807) is 0 Å². The molecule has 0 saturated carbocycles. The molecule has 0 heteroatoms. The maximum Gasteiger partial charge on any atom is -0.0274 e. The zero-order valence-electron chi connectivity index (χ0n) is 8.28. The van der Waals surface area contributed by atoms with Gasteiger partial charge in [0.1, 0.15) is 0 Å². The predicted molar refractivity (Wildman–Crippen MR) is 54.3 cm³/mol. The fraction of sp³-hybridized carbons (Fsp3) is 0.417. The molecule has 0 nitrogen and oxygen atoms in total. The molecule has 0 N–H and O–H groups in total. The predicted octanol–water partition coefficient (Wildman–Crippen LogP) is 3.38. The van der Waals surface area contributed by atoms with Crippen LogP contribution in [0.2, 0.25) is 0 Å². The third-order valence-electron chi connectivity index (χ3n) is 2.53. The first-order chi connectivity index (χ1) is 5.66. The summed E-state index contributed by atoms with van der Waals surface area (Å²) in [6.07, 6.45) is 2.10. The fourth-order valence-electron chi connectivity index (χ4n) is 1.57. The first-order valence-electron chi connectivity index (χ1n) is 4.51. The van der Waals surface area contributed by atoms with Gasteiger partial charge < -0.3 is 0 Å². The Bertz CT molecular complexity index is 272. The molecule has 1 rings (SSSR count). The summed E-state index contributed by atoms with van der Waals surface area (Å²) in [4.78, 5) is 0. The Morgan fingerprint density at radius 2 is 1.67 bits per heavy atom. The van der Waals surface area contributed by atoms with Gasteiger partial charge in [-0.05, 0) is 55.9 Å². The fourth-order valence-corrected chi connectivity index (χ4v) is 1.57. The van der Waals surface area contributed by atoms with E-state index >= 15 is 0 Å². The van der Waals surface area contributed by atoms with Crippen molar-refractivity contribution in [2.75, 3.05) is 0 Å². The molecule has 0 heterocycles. The Kier molecular flexibility index (Phi) is 2.91. The summed E-state index contributed by atoms with van der Waals surface area (Å²) in [6.45, 7) is 10.4. The molecule has 0 atom stereocenters. The van der Waals surface area contributed by atoms with Gasteiger partial charge in [-0.25, -0.2) is 0 Å². The van der Waals surface area contributed by atoms with Gasteiger partial charge in [0.25, 0.3) is 0 Å². The van der Waals surface area contributed by atoms with Crippen LogP contribution in [-0.4, -0.2) is 0 Å². The topological polar surface area (TPSA) is 0 Å². The molecule has 1 aromatic carbocycles. The lowest BCUT2D eigenvalue weighted by Crippen LogP contribution is -1.95. The van der Waals surface area contributed by atoms with E-state index in [2.05, 4.69) is 39.8 Å². The Hall–Kier alpha value is -0.780. The highest BCUT2D eigenvalue weighted by molar-refractivity contribution is 5.39. The van der Waals surface area contributed by atoms with Crippen molar-refractivity contribution in [3.63, 3.8) is 0 Å². The van der Waals surface area contributed by atoms with E-state index in [9.17, 15) is 0 Å². The highest BCUT2D eigenvalue weighted by Crippen LogP contribution is 2.18. The highest BCUT2D eigenvalue weighted by atomic mass is 14.1. The van der Waals surface area contributed by atoms with Crippen LogP contribution in [0.1, 0.15) is 28.7 Å². The first kappa shape index (κ1) is 9.31. The van der Waals surface area contributed by atoms with Crippen molar-refractivity contribution in [2.24, 2.45) is 0 Å². The molecule has 65 valence electrons. The lowest BCUT2D eigenvalue weighted by Gasteiger charge is -2.10. The van der Waals surface area contributed by atoms with Crippen LogP contribution in [0.4, 0.5) is 0 Å². The summed E-state index contributed by atoms with van der Waals surface area (Å²) in [5.74, 6) is 0. The molecule has 0 fully saturated rings. The molecule has 0 spiro atoms. The minimum atomic E-state index is 0.991. The van der Waals surface area contributed by atoms with Crippen LogP contribution in [0.5, 0.6) is 0 Å². The molecular formula is C12H17. The molecule has 0 unspecified atom stereocenters. The van der Waals surface area contributed by atoms with Gasteiger partial charge in [0.15, 0.2) is 0 Å². The molecule has 1 aromatic rings. The van der Waals surface area contributed by atoms with Crippen molar-refractivity contribution in [2.45, 2.75) is 33.6 Å². The maximum absolute atomic E-state index is 3.89. The van der Waals surface area contributed by atoms with Crippen molar-refractivity contribution in [3.8, 4) is 0 Å². The van der Waals surface area contributed by atoms with Gasteiger partial charge in [-0.2, -0.15) is 0 Å². The van der Waals surface area contributed by atoms with E-state index < -0.39 is 0 Å². The number of aryl methyl sites for hydroxylation is 2. The number of rotatable bonds is 2. The average molecular weight is 161 g/mol. The second-order valence-electron chi connectivity index (χ2n) is 3.41. The second-order valence-corrected chi connectivity index (χ2v) is 3.41. The van der Waals surface area contributed by atoms with Crippen molar-refractivity contribution < 1.29 is 0 Å². The van der Waals surface area contributed by atoms with E-state index in [0.29, 0.717) is 0 Å². The summed E-state index contributed by atoms with van der Waals surface area (Å²) in [5, 5.41) is 0. The van der Waals surface area contributed by atoms with E-state index in [0.717, 1.165) is 12.8 Å². The standard InChI is InChI=1S/C12H17/c1-5-6-12-10(3)8-7-9(2)11(12)4/h7-8H,1,5-6H2,2-4H3. The summed E-state index contributed by atoms with van der Waals surface area (Å²) in [7, 11) is 0. The molecule has 0 bridgehead atoms. The molecule has 0 aliphatic heterocycles. The van der Waals surface area contributed by atoms with E-state index in [-0.39, 0.29) is 0 Å². The quantitative estimate of drug-likeness (QED) is 0.623. The van der Waals surface area contributed by atoms with Gasteiger partial charge in [0.2, 0.25) is 0 Å². The molecule has 0 aliphatic rings. The van der Waals surface area contributed by atoms with Gasteiger partial charge in [-0.1, -0.05) is 19.1 Å². The van der Waals surface area contributed by atoms with E-state index in [1.165, 1.54) is 22.3 Å². The van der Waals surface area contributed by atoms with Crippen LogP contribution < -0.4 is 0 Å². The van der Waals surface area contributed by atoms with E-state index in [1.807, 2.05) is 0 Å². The normalized spacial score (nSPS) is 10.3. The van der Waals surface area contributed by atoms with Crippen LogP contribution in [0.3, 0.4) is 0 Å². The molecule has 0 aliphatic carbocycles. The van der Waals surface area contributed by atoms with E-state index in [4.69, 9.17) is 0 Å². The third kappa shape index (κ3) is 1.69. The van der Waals surface area contributed by atoms with Crippen molar-refractivity contribution in [1.82, 2.24) is 0 Å². The Balaban J connectivity index is 3.14. The zero-order valence-corrected chi connectivity index (χ0v) is 8.28. The largest absolute Gasteiger partial charge is 0.0588 e. The number of hydrogen-bond donors (Lipinski definition) is 0. The third-order valence-corrected chi connectivity index (χ3v) is 2.53. The minimum Gasteiger partial charge on any atom is -0.0588 e. The molecule has 12 heavy (non-hydrogen) atoms. The summed E-state index contributed by atoms with van der Waals surface area (Å²) in [6, 6.07) is 4.39. The SMILES string of the molecule is [CH2]CCc1c(C)ccc(C)c1C. The molecule has 0 saturated heterocycles. The molecule has 1 radical (unpaired) electrons. The second kappa shape index (κ2) is 3.75. The minimum absolute atomic E-state index is 0.991. The van der Waals surface area contributed by atoms with Gasteiger partial charge in [-0.3, -0.25) is 0 Å². The van der Waals surface area contributed by atoms with Gasteiger partial charge in [0, 0.05) is 0 Å². The van der Waals surface area contributed by atoms with Gasteiger partial charge >= 0.3 is 0 Å². The summed E-state index contributed by atoms with van der Waals surface area (Å²) >= 11 is 0. The average Bonchev–Trinajstić information content (AvgIpc) is 2.06. The van der Waals surface area contributed by atoms with Crippen LogP contribution in [0.25, 0.3) is 0 Å². The first-order valence-corrected chi connectivity index (χ1v) is 4.51. The van der Waals surface area contributed by atoms with Crippen molar-refractivity contribution >= 4 is 0 Å². The zero-order chi connectivity index (χ0) is 9.14. The van der Waals surface area contributed by atoms with Crippen molar-refractivity contribution in [1.29, 1.82) is 0 Å². The summed E-state index contributed by atoms with van der Waals surface area (Å²) < 4.78 is 0. The maximum atomic E-state index is 3.89. The molecule has 0 aromatic heterocycles. The van der Waals surface area contributed by atoms with Crippen molar-refractivity contribution in [3.05, 3.63) is 41.3 Å². The lowest BCUT2D eigenvalue weighted by molar-refractivity contribution is 0.964. The lowest BCUT2D eigenvalue weighted by atomic mass is 9.95. The van der Waals surface area contributed by atoms with Gasteiger partial charge in [-0.15, -0.1) is 0 Å². The number of benzene rings is 1. The smallest absolute Gasteiger partial charge is 0.0274 e. The summed E-state index contributed by atoms with van der Waals surface area (Å²) in [5.41, 5.74) is 5.73. The monoisotopic (exact) mass is 161 g/mol. The molecular weight excluding hydrogens is 144 g/mol. The van der Waals surface area contributed by atoms with Crippen LogP contribution >= 0.6 is 0 Å². The Morgan fingerprint density at radius 3 is 2.25 bits per heavy atom. The van der Waals surface area contributed by atoms with Crippen LogP contribution in [0, 0.1) is 27.7 Å². The van der Waals surface area contributed by atoms with Gasteiger partial charge in [0.05, 0.1) is 0 Å². The molecule has 0 amide bonds. The van der Waals surface area contributed by atoms with Crippen LogP contribution in [-0.2, 0) is 6.42 Å². The Labute approximate surface area is 75.6 Å². The highest BCUT2D eigenvalue weighted by Gasteiger charge is 2.02.